The SMILES string of the molecule is CN(CCOc1ccc(Cl)cc1)C(=O)C=Cc1ccc(Cl)c([N+](=O)[O-])c1. The first-order chi connectivity index (χ1) is 12.4. The van der Waals surface area contributed by atoms with Gasteiger partial charge < -0.3 is 9.64 Å². The predicted molar refractivity (Wildman–Crippen MR) is 102 cm³/mol. The molecule has 26 heavy (non-hydrogen) atoms. The van der Waals surface area contributed by atoms with E-state index in [-0.39, 0.29) is 16.6 Å². The van der Waals surface area contributed by atoms with Crippen LogP contribution in [0.2, 0.25) is 10.0 Å². The zero-order valence-corrected chi connectivity index (χ0v) is 15.4. The maximum atomic E-state index is 12.1. The molecule has 8 heteroatoms. The number of likely N-dealkylation sites (N-methyl/N-ethyl adjacent to an activating group) is 1. The molecule has 0 unspecified atom stereocenters. The smallest absolute Gasteiger partial charge is 0.288 e. The molecule has 136 valence electrons. The number of amides is 1. The summed E-state index contributed by atoms with van der Waals surface area (Å²) < 4.78 is 5.53. The highest BCUT2D eigenvalue weighted by Gasteiger charge is 2.12. The van der Waals surface area contributed by atoms with Crippen molar-refractivity contribution in [1.82, 2.24) is 4.90 Å². The number of benzene rings is 2. The molecule has 0 aliphatic carbocycles. The number of rotatable bonds is 7. The third-order valence-corrected chi connectivity index (χ3v) is 4.04. The predicted octanol–water partition coefficient (Wildman–Crippen LogP) is 4.45. The van der Waals surface area contributed by atoms with Crippen molar-refractivity contribution in [2.75, 3.05) is 20.2 Å². The highest BCUT2D eigenvalue weighted by molar-refractivity contribution is 6.32. The van der Waals surface area contributed by atoms with Crippen LogP contribution in [0.25, 0.3) is 6.08 Å². The second-order valence-corrected chi connectivity index (χ2v) is 6.21. The van der Waals surface area contributed by atoms with Crippen molar-refractivity contribution < 1.29 is 14.5 Å². The molecule has 1 amide bonds. The van der Waals surface area contributed by atoms with Crippen LogP contribution in [-0.4, -0.2) is 35.9 Å². The van der Waals surface area contributed by atoms with Crippen molar-refractivity contribution in [1.29, 1.82) is 0 Å². The maximum absolute atomic E-state index is 12.1. The summed E-state index contributed by atoms with van der Waals surface area (Å²) in [6.07, 6.45) is 2.84. The van der Waals surface area contributed by atoms with Gasteiger partial charge in [0.25, 0.3) is 5.69 Å². The standard InChI is InChI=1S/C18H16Cl2N2O4/c1-21(10-11-26-15-6-4-14(19)5-7-15)18(23)9-3-13-2-8-16(20)17(12-13)22(24)25/h2-9,12H,10-11H2,1H3. The number of nitro benzene ring substituents is 1. The van der Waals surface area contributed by atoms with E-state index in [1.165, 1.54) is 29.2 Å². The van der Waals surface area contributed by atoms with Crippen molar-refractivity contribution in [2.24, 2.45) is 0 Å². The topological polar surface area (TPSA) is 72.7 Å². The summed E-state index contributed by atoms with van der Waals surface area (Å²) in [5.74, 6) is 0.418. The Morgan fingerprint density at radius 1 is 1.23 bits per heavy atom. The Bertz CT molecular complexity index is 822. The van der Waals surface area contributed by atoms with Gasteiger partial charge >= 0.3 is 0 Å². The fourth-order valence-corrected chi connectivity index (χ4v) is 2.32. The molecule has 0 atom stereocenters. The van der Waals surface area contributed by atoms with Crippen molar-refractivity contribution in [3.05, 3.63) is 74.3 Å². The Hall–Kier alpha value is -2.57. The minimum absolute atomic E-state index is 0.0509. The van der Waals surface area contributed by atoms with Crippen LogP contribution >= 0.6 is 23.2 Å². The molecule has 0 bridgehead atoms. The van der Waals surface area contributed by atoms with Crippen molar-refractivity contribution in [3.8, 4) is 5.75 Å². The maximum Gasteiger partial charge on any atom is 0.288 e. The minimum Gasteiger partial charge on any atom is -0.492 e. The molecule has 0 spiro atoms. The van der Waals surface area contributed by atoms with Crippen LogP contribution in [0.5, 0.6) is 5.75 Å². The fraction of sp³-hybridized carbons (Fsp3) is 0.167. The second-order valence-electron chi connectivity index (χ2n) is 5.36. The van der Waals surface area contributed by atoms with E-state index in [9.17, 15) is 14.9 Å². The first-order valence-electron chi connectivity index (χ1n) is 7.62. The summed E-state index contributed by atoms with van der Waals surface area (Å²) in [7, 11) is 1.64. The van der Waals surface area contributed by atoms with Crippen LogP contribution in [0.15, 0.2) is 48.5 Å². The van der Waals surface area contributed by atoms with Gasteiger partial charge in [0.15, 0.2) is 0 Å². The Kier molecular flexibility index (Phi) is 7.00. The molecule has 0 aromatic heterocycles. The largest absolute Gasteiger partial charge is 0.492 e. The fourth-order valence-electron chi connectivity index (χ4n) is 2.01. The van der Waals surface area contributed by atoms with Crippen LogP contribution < -0.4 is 4.74 Å². The highest BCUT2D eigenvalue weighted by Crippen LogP contribution is 2.25. The molecule has 2 aromatic rings. The van der Waals surface area contributed by atoms with Gasteiger partial charge in [0.1, 0.15) is 17.4 Å². The third-order valence-electron chi connectivity index (χ3n) is 3.47. The van der Waals surface area contributed by atoms with Gasteiger partial charge in [0, 0.05) is 24.2 Å². The van der Waals surface area contributed by atoms with Gasteiger partial charge in [-0.3, -0.25) is 14.9 Å². The van der Waals surface area contributed by atoms with Crippen molar-refractivity contribution in [2.45, 2.75) is 0 Å². The number of hydrogen-bond donors (Lipinski definition) is 0. The highest BCUT2D eigenvalue weighted by atomic mass is 35.5. The van der Waals surface area contributed by atoms with Crippen LogP contribution in [0.3, 0.4) is 0 Å². The number of halogens is 2. The van der Waals surface area contributed by atoms with E-state index in [1.807, 2.05) is 0 Å². The van der Waals surface area contributed by atoms with Gasteiger partial charge in [0.05, 0.1) is 11.5 Å². The molecule has 0 fully saturated rings. The molecule has 2 aromatic carbocycles. The van der Waals surface area contributed by atoms with Crippen molar-refractivity contribution >= 4 is 40.9 Å². The van der Waals surface area contributed by atoms with Crippen LogP contribution in [0.4, 0.5) is 5.69 Å². The quantitative estimate of drug-likeness (QED) is 0.394. The first-order valence-corrected chi connectivity index (χ1v) is 8.38. The number of carbonyl (C=O) groups excluding carboxylic acids is 1. The van der Waals surface area contributed by atoms with Gasteiger partial charge in [-0.1, -0.05) is 29.3 Å². The minimum atomic E-state index is -0.568. The zero-order valence-electron chi connectivity index (χ0n) is 13.9. The third kappa shape index (κ3) is 5.75. The molecule has 0 saturated carbocycles. The Morgan fingerprint density at radius 3 is 2.58 bits per heavy atom. The lowest BCUT2D eigenvalue weighted by Gasteiger charge is -2.15. The lowest BCUT2D eigenvalue weighted by molar-refractivity contribution is -0.384. The van der Waals surface area contributed by atoms with E-state index in [2.05, 4.69) is 0 Å². The van der Waals surface area contributed by atoms with Gasteiger partial charge in [-0.25, -0.2) is 0 Å². The Balaban J connectivity index is 1.88. The Labute approximate surface area is 160 Å². The molecule has 6 nitrogen and oxygen atoms in total. The molecule has 0 heterocycles. The van der Waals surface area contributed by atoms with Crippen LogP contribution in [0.1, 0.15) is 5.56 Å². The van der Waals surface area contributed by atoms with E-state index >= 15 is 0 Å². The molecule has 0 N–H and O–H groups in total. The molecular weight excluding hydrogens is 379 g/mol. The molecule has 0 aliphatic rings. The number of hydrogen-bond acceptors (Lipinski definition) is 4. The average Bonchev–Trinajstić information content (AvgIpc) is 2.62. The van der Waals surface area contributed by atoms with E-state index < -0.39 is 4.92 Å². The van der Waals surface area contributed by atoms with Gasteiger partial charge in [-0.15, -0.1) is 0 Å². The van der Waals surface area contributed by atoms with Gasteiger partial charge in [-0.2, -0.15) is 0 Å². The van der Waals surface area contributed by atoms with Gasteiger partial charge in [-0.05, 0) is 42.0 Å². The number of nitrogens with zero attached hydrogens (tertiary/aromatic N) is 2. The van der Waals surface area contributed by atoms with E-state index in [0.29, 0.717) is 29.5 Å². The Morgan fingerprint density at radius 2 is 1.92 bits per heavy atom. The molecule has 0 aliphatic heterocycles. The van der Waals surface area contributed by atoms with Crippen LogP contribution in [-0.2, 0) is 4.79 Å². The molecule has 2 rings (SSSR count). The van der Waals surface area contributed by atoms with E-state index in [1.54, 1.807) is 37.4 Å². The molecular formula is C18H16Cl2N2O4. The lowest BCUT2D eigenvalue weighted by atomic mass is 10.2. The summed E-state index contributed by atoms with van der Waals surface area (Å²) >= 11 is 11.6. The zero-order chi connectivity index (χ0) is 19.1. The number of carbonyl (C=O) groups is 1. The summed E-state index contributed by atoms with van der Waals surface area (Å²) in [4.78, 5) is 23.9. The molecule has 0 saturated heterocycles. The molecule has 0 radical (unpaired) electrons. The van der Waals surface area contributed by atoms with E-state index in [4.69, 9.17) is 27.9 Å². The first kappa shape index (κ1) is 19.8. The number of nitro groups is 1. The van der Waals surface area contributed by atoms with Crippen LogP contribution in [0, 0.1) is 10.1 Å². The summed E-state index contributed by atoms with van der Waals surface area (Å²) in [6.45, 7) is 0.705. The number of ether oxygens (including phenoxy) is 1. The average molecular weight is 395 g/mol. The normalized spacial score (nSPS) is 10.7. The lowest BCUT2D eigenvalue weighted by Crippen LogP contribution is -2.29. The second kappa shape index (κ2) is 9.22. The summed E-state index contributed by atoms with van der Waals surface area (Å²) in [5.41, 5.74) is 0.311. The van der Waals surface area contributed by atoms with Crippen molar-refractivity contribution in [3.63, 3.8) is 0 Å². The summed E-state index contributed by atoms with van der Waals surface area (Å²) in [6, 6.07) is 11.3. The van der Waals surface area contributed by atoms with E-state index in [0.717, 1.165) is 0 Å². The summed E-state index contributed by atoms with van der Waals surface area (Å²) in [5, 5.41) is 11.5. The van der Waals surface area contributed by atoms with Gasteiger partial charge in [0.2, 0.25) is 5.91 Å². The monoisotopic (exact) mass is 394 g/mol.